The molecule has 0 unspecified atom stereocenters. The summed E-state index contributed by atoms with van der Waals surface area (Å²) in [6, 6.07) is 9.49. The van der Waals surface area contributed by atoms with E-state index in [0.717, 1.165) is 17.1 Å². The Hall–Kier alpha value is -1.78. The van der Waals surface area contributed by atoms with Gasteiger partial charge in [0, 0.05) is 35.2 Å². The molecule has 116 valence electrons. The highest BCUT2D eigenvalue weighted by Gasteiger charge is 2.28. The van der Waals surface area contributed by atoms with E-state index >= 15 is 0 Å². The molecule has 22 heavy (non-hydrogen) atoms. The number of halogens is 1. The van der Waals surface area contributed by atoms with E-state index in [2.05, 4.69) is 0 Å². The van der Waals surface area contributed by atoms with Crippen molar-refractivity contribution in [1.82, 2.24) is 9.47 Å². The van der Waals surface area contributed by atoms with Crippen molar-refractivity contribution >= 4 is 17.5 Å². The summed E-state index contributed by atoms with van der Waals surface area (Å²) in [5.74, 6) is -0.0158. The number of aromatic nitrogens is 1. The third-order valence-electron chi connectivity index (χ3n) is 4.18. The topological polar surface area (TPSA) is 45.5 Å². The van der Waals surface area contributed by atoms with Gasteiger partial charge >= 0.3 is 0 Å². The smallest absolute Gasteiger partial charge is 0.255 e. The number of rotatable bonds is 2. The van der Waals surface area contributed by atoms with E-state index < -0.39 is 6.10 Å². The van der Waals surface area contributed by atoms with Crippen LogP contribution in [0.5, 0.6) is 0 Å². The molecule has 1 aromatic heterocycles. The van der Waals surface area contributed by atoms with Gasteiger partial charge in [-0.05, 0) is 44.5 Å². The maximum absolute atomic E-state index is 12.7. The number of carbonyl (C=O) groups is 1. The van der Waals surface area contributed by atoms with E-state index in [0.29, 0.717) is 30.1 Å². The number of nitrogens with zero attached hydrogens (tertiary/aromatic N) is 2. The summed E-state index contributed by atoms with van der Waals surface area (Å²) in [5, 5.41) is 10.3. The Bertz CT molecular complexity index is 723. The van der Waals surface area contributed by atoms with Gasteiger partial charge in [0.1, 0.15) is 0 Å². The molecule has 1 aliphatic heterocycles. The van der Waals surface area contributed by atoms with Crippen LogP contribution >= 0.6 is 11.6 Å². The van der Waals surface area contributed by atoms with Gasteiger partial charge in [0.15, 0.2) is 0 Å². The van der Waals surface area contributed by atoms with E-state index in [9.17, 15) is 9.90 Å². The number of likely N-dealkylation sites (tertiary alicyclic amines) is 1. The molecule has 0 radical (unpaired) electrons. The third-order valence-corrected chi connectivity index (χ3v) is 4.41. The molecule has 1 atom stereocenters. The molecule has 1 N–H and O–H groups in total. The first kappa shape index (κ1) is 15.1. The fraction of sp³-hybridized carbons (Fsp3) is 0.353. The Morgan fingerprint density at radius 1 is 1.32 bits per heavy atom. The molecule has 5 heteroatoms. The normalized spacial score (nSPS) is 18.0. The largest absolute Gasteiger partial charge is 0.391 e. The van der Waals surface area contributed by atoms with Crippen LogP contribution in [0.1, 0.15) is 28.2 Å². The lowest BCUT2D eigenvalue weighted by atomic mass is 10.2. The summed E-state index contributed by atoms with van der Waals surface area (Å²) in [4.78, 5) is 14.4. The van der Waals surface area contributed by atoms with Crippen molar-refractivity contribution in [2.75, 3.05) is 13.1 Å². The Labute approximate surface area is 134 Å². The molecule has 4 nitrogen and oxygen atoms in total. The van der Waals surface area contributed by atoms with Crippen molar-refractivity contribution in [1.29, 1.82) is 0 Å². The maximum Gasteiger partial charge on any atom is 0.255 e. The average Bonchev–Trinajstić information content (AvgIpc) is 3.02. The second-order valence-electron chi connectivity index (χ2n) is 5.79. The van der Waals surface area contributed by atoms with Crippen LogP contribution in [-0.2, 0) is 0 Å². The highest BCUT2D eigenvalue weighted by Crippen LogP contribution is 2.25. The van der Waals surface area contributed by atoms with Crippen molar-refractivity contribution in [3.63, 3.8) is 0 Å². The Morgan fingerprint density at radius 2 is 2.09 bits per heavy atom. The van der Waals surface area contributed by atoms with Gasteiger partial charge < -0.3 is 14.6 Å². The molecule has 1 aliphatic rings. The van der Waals surface area contributed by atoms with Crippen LogP contribution in [0.3, 0.4) is 0 Å². The summed E-state index contributed by atoms with van der Waals surface area (Å²) in [5.41, 5.74) is 3.52. The number of aryl methyl sites for hydroxylation is 1. The van der Waals surface area contributed by atoms with Crippen molar-refractivity contribution < 1.29 is 9.90 Å². The molecule has 2 heterocycles. The van der Waals surface area contributed by atoms with Crippen molar-refractivity contribution in [3.05, 3.63) is 52.3 Å². The minimum atomic E-state index is -0.402. The minimum Gasteiger partial charge on any atom is -0.391 e. The van der Waals surface area contributed by atoms with E-state index in [1.54, 1.807) is 4.90 Å². The van der Waals surface area contributed by atoms with E-state index in [-0.39, 0.29) is 5.91 Å². The molecule has 1 amide bonds. The number of benzene rings is 1. The summed E-state index contributed by atoms with van der Waals surface area (Å²) in [6.45, 7) is 4.94. The van der Waals surface area contributed by atoms with Crippen molar-refractivity contribution in [2.45, 2.75) is 26.4 Å². The summed E-state index contributed by atoms with van der Waals surface area (Å²) < 4.78 is 2.03. The molecular formula is C17H19ClN2O2. The van der Waals surface area contributed by atoms with Crippen molar-refractivity contribution in [3.8, 4) is 5.69 Å². The van der Waals surface area contributed by atoms with Crippen LogP contribution < -0.4 is 0 Å². The number of carbonyl (C=O) groups excluding carboxylic acids is 1. The first-order chi connectivity index (χ1) is 10.5. The number of aliphatic hydroxyl groups excluding tert-OH is 1. The molecule has 3 rings (SSSR count). The lowest BCUT2D eigenvalue weighted by Gasteiger charge is -2.16. The van der Waals surface area contributed by atoms with E-state index in [1.165, 1.54) is 0 Å². The first-order valence-electron chi connectivity index (χ1n) is 7.39. The predicted octanol–water partition coefficient (Wildman–Crippen LogP) is 2.95. The zero-order valence-electron chi connectivity index (χ0n) is 12.7. The summed E-state index contributed by atoms with van der Waals surface area (Å²) >= 11 is 6.07. The SMILES string of the molecule is Cc1cc(C(=O)N2CC[C@H](O)C2)c(C)n1-c1cccc(Cl)c1. The quantitative estimate of drug-likeness (QED) is 0.925. The van der Waals surface area contributed by atoms with Gasteiger partial charge in [-0.1, -0.05) is 17.7 Å². The second kappa shape index (κ2) is 5.78. The number of hydrogen-bond donors (Lipinski definition) is 1. The lowest BCUT2D eigenvalue weighted by molar-refractivity contribution is 0.0764. The van der Waals surface area contributed by atoms with Crippen LogP contribution in [0.2, 0.25) is 5.02 Å². The van der Waals surface area contributed by atoms with Crippen LogP contribution in [0.4, 0.5) is 0 Å². The fourth-order valence-electron chi connectivity index (χ4n) is 3.09. The average molecular weight is 319 g/mol. The van der Waals surface area contributed by atoms with Gasteiger partial charge in [0.2, 0.25) is 0 Å². The number of amides is 1. The Kier molecular flexibility index (Phi) is 3.98. The molecule has 0 spiro atoms. The van der Waals surface area contributed by atoms with E-state index in [1.807, 2.05) is 48.7 Å². The molecule has 1 saturated heterocycles. The van der Waals surface area contributed by atoms with Gasteiger partial charge in [-0.3, -0.25) is 4.79 Å². The van der Waals surface area contributed by atoms with E-state index in [4.69, 9.17) is 11.6 Å². The van der Waals surface area contributed by atoms with Gasteiger partial charge in [0.05, 0.1) is 11.7 Å². The Balaban J connectivity index is 1.98. The second-order valence-corrected chi connectivity index (χ2v) is 6.23. The number of β-amino-alcohol motifs (C(OH)–C–C–N with tert-alkyl or cyclic N) is 1. The maximum atomic E-state index is 12.7. The molecular weight excluding hydrogens is 300 g/mol. The zero-order valence-corrected chi connectivity index (χ0v) is 13.5. The predicted molar refractivity (Wildman–Crippen MR) is 86.8 cm³/mol. The van der Waals surface area contributed by atoms with Gasteiger partial charge in [-0.25, -0.2) is 0 Å². The minimum absolute atomic E-state index is 0.0158. The van der Waals surface area contributed by atoms with Gasteiger partial charge in [0.25, 0.3) is 5.91 Å². The zero-order chi connectivity index (χ0) is 15.9. The molecule has 1 fully saturated rings. The third kappa shape index (κ3) is 2.64. The summed E-state index contributed by atoms with van der Waals surface area (Å²) in [6.07, 6.45) is 0.249. The molecule has 1 aromatic carbocycles. The number of hydrogen-bond acceptors (Lipinski definition) is 2. The van der Waals surface area contributed by atoms with Gasteiger partial charge in [-0.2, -0.15) is 0 Å². The van der Waals surface area contributed by atoms with Crippen molar-refractivity contribution in [2.24, 2.45) is 0 Å². The molecule has 2 aromatic rings. The molecule has 0 saturated carbocycles. The monoisotopic (exact) mass is 318 g/mol. The fourth-order valence-corrected chi connectivity index (χ4v) is 3.27. The van der Waals surface area contributed by atoms with Crippen LogP contribution in [-0.4, -0.2) is 39.7 Å². The highest BCUT2D eigenvalue weighted by molar-refractivity contribution is 6.30. The standard InChI is InChI=1S/C17H19ClN2O2/c1-11-8-16(17(22)19-7-6-15(21)10-19)12(2)20(11)14-5-3-4-13(18)9-14/h3-5,8-9,15,21H,6-7,10H2,1-2H3/t15-/m0/s1. The number of aliphatic hydroxyl groups is 1. The lowest BCUT2D eigenvalue weighted by Crippen LogP contribution is -2.29. The summed E-state index contributed by atoms with van der Waals surface area (Å²) in [7, 11) is 0. The van der Waals surface area contributed by atoms with Crippen LogP contribution in [0.25, 0.3) is 5.69 Å². The Morgan fingerprint density at radius 3 is 2.73 bits per heavy atom. The van der Waals surface area contributed by atoms with Crippen LogP contribution in [0.15, 0.2) is 30.3 Å². The first-order valence-corrected chi connectivity index (χ1v) is 7.77. The van der Waals surface area contributed by atoms with Crippen LogP contribution in [0, 0.1) is 13.8 Å². The molecule has 0 bridgehead atoms. The van der Waals surface area contributed by atoms with Gasteiger partial charge in [-0.15, -0.1) is 0 Å². The molecule has 0 aliphatic carbocycles. The highest BCUT2D eigenvalue weighted by atomic mass is 35.5.